The van der Waals surface area contributed by atoms with E-state index in [2.05, 4.69) is 42.4 Å². The molecule has 1 aliphatic rings. The van der Waals surface area contributed by atoms with Gasteiger partial charge in [-0.1, -0.05) is 29.8 Å². The van der Waals surface area contributed by atoms with E-state index in [1.807, 2.05) is 0 Å². The summed E-state index contributed by atoms with van der Waals surface area (Å²) in [6.07, 6.45) is 9.77. The smallest absolute Gasteiger partial charge is 0.00981 e. The van der Waals surface area contributed by atoms with Crippen LogP contribution >= 0.6 is 0 Å². The summed E-state index contributed by atoms with van der Waals surface area (Å²) in [5.74, 6) is 3.44. The summed E-state index contributed by atoms with van der Waals surface area (Å²) in [6, 6.07) is 9.67. The SMILES string of the molecule is C#CCCCNC1CC(c2ccc(C)cc2)C1. The lowest BCUT2D eigenvalue weighted by atomic mass is 9.76. The molecule has 0 unspecified atom stereocenters. The number of hydrogen-bond acceptors (Lipinski definition) is 1. The van der Waals surface area contributed by atoms with Gasteiger partial charge in [-0.2, -0.15) is 0 Å². The molecule has 0 radical (unpaired) electrons. The maximum Gasteiger partial charge on any atom is 0.00981 e. The first-order valence-electron chi connectivity index (χ1n) is 6.53. The minimum Gasteiger partial charge on any atom is -0.314 e. The lowest BCUT2D eigenvalue weighted by molar-refractivity contribution is 0.291. The van der Waals surface area contributed by atoms with Gasteiger partial charge in [-0.3, -0.25) is 0 Å². The third-order valence-electron chi connectivity index (χ3n) is 3.62. The van der Waals surface area contributed by atoms with Crippen LogP contribution in [0.5, 0.6) is 0 Å². The van der Waals surface area contributed by atoms with E-state index in [0.717, 1.165) is 25.3 Å². The van der Waals surface area contributed by atoms with Crippen molar-refractivity contribution >= 4 is 0 Å². The first-order chi connectivity index (χ1) is 8.29. The summed E-state index contributed by atoms with van der Waals surface area (Å²) in [7, 11) is 0. The largest absolute Gasteiger partial charge is 0.314 e. The molecule has 0 heterocycles. The van der Waals surface area contributed by atoms with Gasteiger partial charge in [0.15, 0.2) is 0 Å². The van der Waals surface area contributed by atoms with Crippen LogP contribution < -0.4 is 5.32 Å². The van der Waals surface area contributed by atoms with Crippen LogP contribution in [0.15, 0.2) is 24.3 Å². The molecule has 1 aliphatic carbocycles. The second-order valence-electron chi connectivity index (χ2n) is 5.04. The number of terminal acetylenes is 1. The van der Waals surface area contributed by atoms with Crippen LogP contribution in [0.1, 0.15) is 42.7 Å². The van der Waals surface area contributed by atoms with Gasteiger partial charge in [0.2, 0.25) is 0 Å². The molecule has 17 heavy (non-hydrogen) atoms. The fraction of sp³-hybridized carbons (Fsp3) is 0.500. The van der Waals surface area contributed by atoms with E-state index in [4.69, 9.17) is 6.42 Å². The molecule has 1 aromatic carbocycles. The topological polar surface area (TPSA) is 12.0 Å². The lowest BCUT2D eigenvalue weighted by Gasteiger charge is -2.36. The summed E-state index contributed by atoms with van der Waals surface area (Å²) in [4.78, 5) is 0. The van der Waals surface area contributed by atoms with Crippen molar-refractivity contribution < 1.29 is 0 Å². The Morgan fingerprint density at radius 3 is 2.65 bits per heavy atom. The van der Waals surface area contributed by atoms with Gasteiger partial charge < -0.3 is 5.32 Å². The van der Waals surface area contributed by atoms with Crippen molar-refractivity contribution in [2.45, 2.75) is 44.6 Å². The van der Waals surface area contributed by atoms with Crippen LogP contribution in [0, 0.1) is 19.3 Å². The third kappa shape index (κ3) is 3.35. The summed E-state index contributed by atoms with van der Waals surface area (Å²) < 4.78 is 0. The van der Waals surface area contributed by atoms with Crippen molar-refractivity contribution in [3.8, 4) is 12.3 Å². The van der Waals surface area contributed by atoms with Crippen LogP contribution in [0.25, 0.3) is 0 Å². The fourth-order valence-electron chi connectivity index (χ4n) is 2.39. The molecule has 1 aromatic rings. The second kappa shape index (κ2) is 5.89. The minimum absolute atomic E-state index is 0.707. The third-order valence-corrected chi connectivity index (χ3v) is 3.62. The molecular formula is C16H21N. The molecule has 0 amide bonds. The normalized spacial score (nSPS) is 22.8. The average Bonchev–Trinajstić information content (AvgIpc) is 2.28. The Bertz CT molecular complexity index is 379. The maximum atomic E-state index is 5.22. The molecule has 1 N–H and O–H groups in total. The summed E-state index contributed by atoms with van der Waals surface area (Å²) in [6.45, 7) is 3.20. The van der Waals surface area contributed by atoms with E-state index in [-0.39, 0.29) is 0 Å². The van der Waals surface area contributed by atoms with Gasteiger partial charge in [0.05, 0.1) is 0 Å². The molecule has 0 aliphatic heterocycles. The van der Waals surface area contributed by atoms with Gasteiger partial charge in [0, 0.05) is 12.5 Å². The molecule has 1 heteroatoms. The van der Waals surface area contributed by atoms with E-state index < -0.39 is 0 Å². The Morgan fingerprint density at radius 1 is 1.29 bits per heavy atom. The molecular weight excluding hydrogens is 206 g/mol. The Kier molecular flexibility index (Phi) is 4.23. The van der Waals surface area contributed by atoms with Crippen LogP contribution in [0.2, 0.25) is 0 Å². The van der Waals surface area contributed by atoms with Crippen LogP contribution in [-0.4, -0.2) is 12.6 Å². The monoisotopic (exact) mass is 227 g/mol. The lowest BCUT2D eigenvalue weighted by Crippen LogP contribution is -2.40. The van der Waals surface area contributed by atoms with Gasteiger partial charge >= 0.3 is 0 Å². The highest BCUT2D eigenvalue weighted by atomic mass is 14.9. The van der Waals surface area contributed by atoms with Crippen molar-refractivity contribution in [3.05, 3.63) is 35.4 Å². The number of aryl methyl sites for hydroxylation is 1. The molecule has 0 atom stereocenters. The quantitative estimate of drug-likeness (QED) is 0.601. The highest BCUT2D eigenvalue weighted by Crippen LogP contribution is 2.36. The summed E-state index contributed by atoms with van der Waals surface area (Å²) in [5, 5.41) is 3.57. The van der Waals surface area contributed by atoms with Crippen molar-refractivity contribution in [3.63, 3.8) is 0 Å². The first-order valence-corrected chi connectivity index (χ1v) is 6.53. The molecule has 1 saturated carbocycles. The van der Waals surface area contributed by atoms with E-state index in [9.17, 15) is 0 Å². The zero-order valence-corrected chi connectivity index (χ0v) is 10.6. The standard InChI is InChI=1S/C16H21N/c1-3-4-5-10-17-16-11-15(12-16)14-8-6-13(2)7-9-14/h1,6-9,15-17H,4-5,10-12H2,2H3. The van der Waals surface area contributed by atoms with Crippen molar-refractivity contribution in [2.75, 3.05) is 6.54 Å². The van der Waals surface area contributed by atoms with Gasteiger partial charge in [0.25, 0.3) is 0 Å². The number of benzene rings is 1. The summed E-state index contributed by atoms with van der Waals surface area (Å²) >= 11 is 0. The molecule has 0 spiro atoms. The predicted molar refractivity (Wildman–Crippen MR) is 73.0 cm³/mol. The van der Waals surface area contributed by atoms with Gasteiger partial charge in [0.1, 0.15) is 0 Å². The van der Waals surface area contributed by atoms with Gasteiger partial charge in [-0.25, -0.2) is 0 Å². The molecule has 0 aromatic heterocycles. The Balaban J connectivity index is 1.68. The maximum absolute atomic E-state index is 5.22. The predicted octanol–water partition coefficient (Wildman–Crippen LogP) is 3.24. The van der Waals surface area contributed by atoms with Crippen molar-refractivity contribution in [1.29, 1.82) is 0 Å². The van der Waals surface area contributed by atoms with Crippen molar-refractivity contribution in [2.24, 2.45) is 0 Å². The van der Waals surface area contributed by atoms with Crippen molar-refractivity contribution in [1.82, 2.24) is 5.32 Å². The van der Waals surface area contributed by atoms with Gasteiger partial charge in [-0.05, 0) is 44.2 Å². The highest BCUT2D eigenvalue weighted by molar-refractivity contribution is 5.26. The molecule has 1 nitrogen and oxygen atoms in total. The molecule has 0 saturated heterocycles. The highest BCUT2D eigenvalue weighted by Gasteiger charge is 2.29. The van der Waals surface area contributed by atoms with Gasteiger partial charge in [-0.15, -0.1) is 12.3 Å². The Labute approximate surface area is 105 Å². The Morgan fingerprint density at radius 2 is 2.00 bits per heavy atom. The fourth-order valence-corrected chi connectivity index (χ4v) is 2.39. The summed E-state index contributed by atoms with van der Waals surface area (Å²) in [5.41, 5.74) is 2.84. The number of unbranched alkanes of at least 4 members (excludes halogenated alkanes) is 1. The Hall–Kier alpha value is -1.26. The molecule has 1 fully saturated rings. The average molecular weight is 227 g/mol. The van der Waals surface area contributed by atoms with Crippen LogP contribution in [-0.2, 0) is 0 Å². The zero-order chi connectivity index (χ0) is 12.1. The molecule has 0 bridgehead atoms. The van der Waals surface area contributed by atoms with E-state index >= 15 is 0 Å². The number of hydrogen-bond donors (Lipinski definition) is 1. The van der Waals surface area contributed by atoms with E-state index in [1.165, 1.54) is 24.0 Å². The molecule has 2 rings (SSSR count). The van der Waals surface area contributed by atoms with E-state index in [0.29, 0.717) is 6.04 Å². The zero-order valence-electron chi connectivity index (χ0n) is 10.6. The number of rotatable bonds is 5. The van der Waals surface area contributed by atoms with Crippen LogP contribution in [0.4, 0.5) is 0 Å². The first kappa shape index (κ1) is 12.2. The molecule has 90 valence electrons. The van der Waals surface area contributed by atoms with Crippen LogP contribution in [0.3, 0.4) is 0 Å². The number of nitrogens with one attached hydrogen (secondary N) is 1. The van der Waals surface area contributed by atoms with E-state index in [1.54, 1.807) is 0 Å². The second-order valence-corrected chi connectivity index (χ2v) is 5.04. The minimum atomic E-state index is 0.707.